The zero-order chi connectivity index (χ0) is 22.6. The zero-order valence-electron chi connectivity index (χ0n) is 18.5. The number of imidazole rings is 1. The smallest absolute Gasteiger partial charge is 0.450 e. The summed E-state index contributed by atoms with van der Waals surface area (Å²) < 4.78 is 6.20. The summed E-state index contributed by atoms with van der Waals surface area (Å²) in [6, 6.07) is 5.56. The highest BCUT2D eigenvalue weighted by Gasteiger charge is 2.50. The van der Waals surface area contributed by atoms with E-state index in [4.69, 9.17) is 4.74 Å². The molecular formula is C24H29N3O4S2. The van der Waals surface area contributed by atoms with Gasteiger partial charge in [0.05, 0.1) is 12.1 Å². The van der Waals surface area contributed by atoms with Gasteiger partial charge in [-0.05, 0) is 73.8 Å². The van der Waals surface area contributed by atoms with E-state index < -0.39 is 10.4 Å². The average molecular weight is 488 g/mol. The average Bonchev–Trinajstić information content (AvgIpc) is 3.37. The molecule has 1 aliphatic heterocycles. The first kappa shape index (κ1) is 21.6. The predicted octanol–water partition coefficient (Wildman–Crippen LogP) is 4.65. The lowest BCUT2D eigenvalue weighted by atomic mass is 9.49. The minimum absolute atomic E-state index is 0.0681. The maximum absolute atomic E-state index is 13.2. The highest BCUT2D eigenvalue weighted by molar-refractivity contribution is 8.21. The molecule has 0 radical (unpaired) electrons. The second-order valence-corrected chi connectivity index (χ2v) is 13.4. The number of aromatic nitrogens is 2. The van der Waals surface area contributed by atoms with Crippen LogP contribution in [0.4, 0.5) is 4.79 Å². The van der Waals surface area contributed by atoms with E-state index in [1.165, 1.54) is 62.0 Å². The van der Waals surface area contributed by atoms with Crippen LogP contribution in [0.3, 0.4) is 0 Å². The molecular weight excluding hydrogens is 458 g/mol. The summed E-state index contributed by atoms with van der Waals surface area (Å²) in [5, 5.41) is 12.5. The summed E-state index contributed by atoms with van der Waals surface area (Å²) in [6.45, 7) is 0.760. The van der Waals surface area contributed by atoms with Gasteiger partial charge in [-0.25, -0.2) is 9.78 Å². The monoisotopic (exact) mass is 487 g/mol. The van der Waals surface area contributed by atoms with Crippen molar-refractivity contribution in [3.63, 3.8) is 0 Å². The SMILES string of the molecule is O=C(O)OC1(Cc2cn3c(C(=O)NCC45CC6CC(CC(C6)C4)C5)cccc3n2)SCCS1. The van der Waals surface area contributed by atoms with Crippen molar-refractivity contribution in [2.24, 2.45) is 23.2 Å². The van der Waals surface area contributed by atoms with Crippen LogP contribution in [0.15, 0.2) is 24.4 Å². The number of nitrogens with zero attached hydrogens (tertiary/aromatic N) is 2. The fraction of sp³-hybridized carbons (Fsp3) is 0.625. The van der Waals surface area contributed by atoms with Crippen molar-refractivity contribution in [3.05, 3.63) is 35.8 Å². The molecule has 4 bridgehead atoms. The van der Waals surface area contributed by atoms with Gasteiger partial charge in [-0.1, -0.05) is 6.07 Å². The third-order valence-electron chi connectivity index (χ3n) is 7.93. The largest absolute Gasteiger partial charge is 0.507 e. The van der Waals surface area contributed by atoms with Crippen molar-refractivity contribution in [2.45, 2.75) is 49.2 Å². The maximum Gasteiger partial charge on any atom is 0.507 e. The van der Waals surface area contributed by atoms with Gasteiger partial charge in [0.15, 0.2) is 0 Å². The van der Waals surface area contributed by atoms with Crippen molar-refractivity contribution in [1.82, 2.24) is 14.7 Å². The van der Waals surface area contributed by atoms with E-state index in [-0.39, 0.29) is 11.3 Å². The third kappa shape index (κ3) is 4.11. The fourth-order valence-corrected chi connectivity index (χ4v) is 10.1. The number of carboxylic acid groups (broad SMARTS) is 1. The van der Waals surface area contributed by atoms with E-state index in [1.807, 2.05) is 28.8 Å². The standard InChI is InChI=1S/C24H29N3O4S2/c28-21(25-14-23-9-15-6-16(10-23)8-17(7-15)11-23)19-2-1-3-20-26-18(13-27(19)20)12-24(31-22(29)30)32-4-5-33-24/h1-3,13,15-17H,4-12,14H2,(H,25,28)(H,29,30). The van der Waals surface area contributed by atoms with Crippen molar-refractivity contribution in [2.75, 3.05) is 18.1 Å². The van der Waals surface area contributed by atoms with Crippen molar-refractivity contribution in [1.29, 1.82) is 0 Å². The van der Waals surface area contributed by atoms with Crippen molar-refractivity contribution < 1.29 is 19.4 Å². The molecule has 5 aliphatic rings. The Morgan fingerprint density at radius 3 is 2.42 bits per heavy atom. The fourth-order valence-electron chi connectivity index (χ4n) is 7.18. The summed E-state index contributed by atoms with van der Waals surface area (Å²) in [7, 11) is 0. The van der Waals surface area contributed by atoms with Gasteiger partial charge >= 0.3 is 6.16 Å². The summed E-state index contributed by atoms with van der Waals surface area (Å²) in [5.74, 6) is 4.19. The highest BCUT2D eigenvalue weighted by Crippen LogP contribution is 2.59. The second-order valence-electron chi connectivity index (χ2n) is 10.4. The molecule has 1 amide bonds. The molecule has 4 aliphatic carbocycles. The minimum Gasteiger partial charge on any atom is -0.450 e. The normalized spacial score (nSPS) is 31.7. The van der Waals surface area contributed by atoms with Crippen LogP contribution in [0.2, 0.25) is 0 Å². The molecule has 0 atom stereocenters. The number of fused-ring (bicyclic) bond motifs is 1. The number of carbonyl (C=O) groups excluding carboxylic acids is 1. The molecule has 2 N–H and O–H groups in total. The number of ether oxygens (including phenoxy) is 1. The van der Waals surface area contributed by atoms with Crippen molar-refractivity contribution >= 4 is 41.2 Å². The summed E-state index contributed by atoms with van der Waals surface area (Å²) in [6.07, 6.45) is 8.92. The third-order valence-corrected chi connectivity index (χ3v) is 11.0. The lowest BCUT2D eigenvalue weighted by molar-refractivity contribution is -0.0503. The van der Waals surface area contributed by atoms with Crippen LogP contribution in [0.5, 0.6) is 0 Å². The lowest BCUT2D eigenvalue weighted by Crippen LogP contribution is -2.51. The Morgan fingerprint density at radius 1 is 1.12 bits per heavy atom. The van der Waals surface area contributed by atoms with E-state index in [9.17, 15) is 14.7 Å². The van der Waals surface area contributed by atoms with Gasteiger partial charge in [0.1, 0.15) is 11.3 Å². The first-order valence-corrected chi connectivity index (χ1v) is 13.8. The molecule has 9 heteroatoms. The molecule has 1 saturated heterocycles. The number of hydrogen-bond donors (Lipinski definition) is 2. The molecule has 4 saturated carbocycles. The summed E-state index contributed by atoms with van der Waals surface area (Å²) in [5.41, 5.74) is 2.26. The second kappa shape index (κ2) is 8.12. The number of rotatable bonds is 6. The molecule has 3 heterocycles. The zero-order valence-corrected chi connectivity index (χ0v) is 20.1. The van der Waals surface area contributed by atoms with Gasteiger partial charge in [-0.3, -0.25) is 9.20 Å². The lowest BCUT2D eigenvalue weighted by Gasteiger charge is -2.56. The first-order chi connectivity index (χ1) is 15.9. The van der Waals surface area contributed by atoms with E-state index in [0.717, 1.165) is 41.5 Å². The van der Waals surface area contributed by atoms with Crippen molar-refractivity contribution in [3.8, 4) is 0 Å². The Kier molecular flexibility index (Phi) is 5.32. The van der Waals surface area contributed by atoms with Gasteiger partial charge in [-0.15, -0.1) is 23.5 Å². The van der Waals surface area contributed by atoms with Gasteiger partial charge in [0.25, 0.3) is 5.91 Å². The van der Waals surface area contributed by atoms with Crippen LogP contribution >= 0.6 is 23.5 Å². The molecule has 0 spiro atoms. The Balaban J connectivity index is 1.19. The summed E-state index contributed by atoms with van der Waals surface area (Å²) >= 11 is 3.00. The number of nitrogens with one attached hydrogen (secondary N) is 1. The Labute approximate surface area is 201 Å². The molecule has 2 aromatic rings. The van der Waals surface area contributed by atoms with Gasteiger partial charge in [-0.2, -0.15) is 0 Å². The molecule has 2 aromatic heterocycles. The number of pyridine rings is 1. The minimum atomic E-state index is -1.27. The molecule has 7 rings (SSSR count). The quantitative estimate of drug-likeness (QED) is 0.573. The predicted molar refractivity (Wildman–Crippen MR) is 129 cm³/mol. The van der Waals surface area contributed by atoms with Gasteiger partial charge in [0.2, 0.25) is 4.27 Å². The maximum atomic E-state index is 13.2. The van der Waals surface area contributed by atoms with Crippen LogP contribution in [-0.2, 0) is 11.2 Å². The number of amides is 1. The van der Waals surface area contributed by atoms with E-state index in [0.29, 0.717) is 17.8 Å². The first-order valence-electron chi connectivity index (χ1n) is 11.9. The molecule has 5 fully saturated rings. The highest BCUT2D eigenvalue weighted by atomic mass is 32.2. The van der Waals surface area contributed by atoms with Crippen LogP contribution < -0.4 is 5.32 Å². The molecule has 7 nitrogen and oxygen atoms in total. The molecule has 0 unspecified atom stereocenters. The van der Waals surface area contributed by atoms with Crippen LogP contribution in [0.1, 0.15) is 54.7 Å². The molecule has 33 heavy (non-hydrogen) atoms. The number of hydrogen-bond acceptors (Lipinski definition) is 6. The Morgan fingerprint density at radius 2 is 1.79 bits per heavy atom. The van der Waals surface area contributed by atoms with E-state index >= 15 is 0 Å². The van der Waals surface area contributed by atoms with Crippen LogP contribution in [-0.4, -0.2) is 48.9 Å². The summed E-state index contributed by atoms with van der Waals surface area (Å²) in [4.78, 5) is 29.2. The van der Waals surface area contributed by atoms with Crippen LogP contribution in [0, 0.1) is 23.2 Å². The van der Waals surface area contributed by atoms with E-state index in [2.05, 4.69) is 10.3 Å². The number of carbonyl (C=O) groups is 2. The molecule has 0 aromatic carbocycles. The van der Waals surface area contributed by atoms with Crippen LogP contribution in [0.25, 0.3) is 5.65 Å². The Bertz CT molecular complexity index is 1060. The van der Waals surface area contributed by atoms with Gasteiger partial charge in [0, 0.05) is 24.2 Å². The van der Waals surface area contributed by atoms with E-state index in [1.54, 1.807) is 0 Å². The van der Waals surface area contributed by atoms with Gasteiger partial charge < -0.3 is 15.2 Å². The Hall–Kier alpha value is -1.87. The molecule has 176 valence electrons. The number of thioether (sulfide) groups is 2. The topological polar surface area (TPSA) is 92.9 Å².